The number of hydrogen-bond donors (Lipinski definition) is 1. The molecular formula is C19H34N2. The van der Waals surface area contributed by atoms with Gasteiger partial charge in [-0.15, -0.1) is 0 Å². The number of nitrogens with two attached hydrogens (primary N) is 1. The molecule has 2 nitrogen and oxygen atoms in total. The minimum atomic E-state index is 0.166. The summed E-state index contributed by atoms with van der Waals surface area (Å²) in [6, 6.07) is 9.04. The fourth-order valence-corrected chi connectivity index (χ4v) is 2.37. The van der Waals surface area contributed by atoms with Gasteiger partial charge >= 0.3 is 0 Å². The molecule has 1 aromatic carbocycles. The highest BCUT2D eigenvalue weighted by Gasteiger charge is 2.10. The molecule has 1 aromatic rings. The summed E-state index contributed by atoms with van der Waals surface area (Å²) in [6.07, 6.45) is 3.48. The highest BCUT2D eigenvalue weighted by Crippen LogP contribution is 2.21. The normalized spacial score (nSPS) is 13.0. The van der Waals surface area contributed by atoms with Crippen molar-refractivity contribution in [3.05, 3.63) is 29.8 Å². The van der Waals surface area contributed by atoms with Crippen LogP contribution in [0.5, 0.6) is 0 Å². The molecule has 1 atom stereocenters. The predicted octanol–water partition coefficient (Wildman–Crippen LogP) is 5.00. The molecule has 0 radical (unpaired) electrons. The van der Waals surface area contributed by atoms with Crippen molar-refractivity contribution >= 4 is 5.69 Å². The van der Waals surface area contributed by atoms with Crippen molar-refractivity contribution in [2.75, 3.05) is 18.0 Å². The molecule has 21 heavy (non-hydrogen) atoms. The van der Waals surface area contributed by atoms with Crippen molar-refractivity contribution in [2.24, 2.45) is 17.6 Å². The third kappa shape index (κ3) is 6.52. The summed E-state index contributed by atoms with van der Waals surface area (Å²) in [7, 11) is 0. The van der Waals surface area contributed by atoms with Gasteiger partial charge in [0, 0.05) is 24.8 Å². The molecule has 1 rings (SSSR count). The molecule has 0 aliphatic carbocycles. The molecule has 0 amide bonds. The van der Waals surface area contributed by atoms with Gasteiger partial charge in [-0.3, -0.25) is 0 Å². The maximum absolute atomic E-state index is 6.10. The van der Waals surface area contributed by atoms with E-state index in [0.717, 1.165) is 31.3 Å². The molecule has 0 saturated carbocycles. The van der Waals surface area contributed by atoms with E-state index in [1.165, 1.54) is 24.1 Å². The average Bonchev–Trinajstić information content (AvgIpc) is 2.46. The molecule has 0 aromatic heterocycles. The molecule has 2 heteroatoms. The minimum Gasteiger partial charge on any atom is -0.372 e. The third-order valence-electron chi connectivity index (χ3n) is 4.08. The van der Waals surface area contributed by atoms with Crippen LogP contribution in [0.1, 0.15) is 65.5 Å². The van der Waals surface area contributed by atoms with Gasteiger partial charge in [0.15, 0.2) is 0 Å². The number of nitrogens with zero attached hydrogens (tertiary/aromatic N) is 1. The van der Waals surface area contributed by atoms with E-state index in [4.69, 9.17) is 5.73 Å². The van der Waals surface area contributed by atoms with Crippen LogP contribution >= 0.6 is 0 Å². The van der Waals surface area contributed by atoms with Gasteiger partial charge in [0.05, 0.1) is 0 Å². The van der Waals surface area contributed by atoms with Crippen LogP contribution in [-0.2, 0) is 0 Å². The van der Waals surface area contributed by atoms with Crippen molar-refractivity contribution < 1.29 is 0 Å². The Labute approximate surface area is 131 Å². The largest absolute Gasteiger partial charge is 0.372 e. The summed E-state index contributed by atoms with van der Waals surface area (Å²) in [5.41, 5.74) is 8.68. The van der Waals surface area contributed by atoms with Gasteiger partial charge in [-0.25, -0.2) is 0 Å². The quantitative estimate of drug-likeness (QED) is 0.694. The SMILES string of the molecule is CC[C@@H](N)c1ccc(N(CCC(C)C)CCC(C)C)cc1. The lowest BCUT2D eigenvalue weighted by atomic mass is 10.0. The van der Waals surface area contributed by atoms with E-state index in [1.807, 2.05) is 0 Å². The van der Waals surface area contributed by atoms with Gasteiger partial charge in [-0.1, -0.05) is 46.8 Å². The zero-order valence-electron chi connectivity index (χ0n) is 14.6. The lowest BCUT2D eigenvalue weighted by Gasteiger charge is -2.27. The average molecular weight is 290 g/mol. The van der Waals surface area contributed by atoms with Crippen LogP contribution in [0.4, 0.5) is 5.69 Å². The maximum atomic E-state index is 6.10. The second-order valence-electron chi connectivity index (χ2n) is 6.96. The zero-order valence-corrected chi connectivity index (χ0v) is 14.6. The summed E-state index contributed by atoms with van der Waals surface area (Å²) < 4.78 is 0. The first-order chi connectivity index (χ1) is 9.93. The van der Waals surface area contributed by atoms with Gasteiger partial charge in [0.1, 0.15) is 0 Å². The molecule has 0 bridgehead atoms. The van der Waals surface area contributed by atoms with Gasteiger partial charge in [-0.05, 0) is 48.8 Å². The summed E-state index contributed by atoms with van der Waals surface area (Å²) in [6.45, 7) is 13.6. The van der Waals surface area contributed by atoms with E-state index < -0.39 is 0 Å². The highest BCUT2D eigenvalue weighted by atomic mass is 15.1. The van der Waals surface area contributed by atoms with Crippen molar-refractivity contribution in [3.63, 3.8) is 0 Å². The molecule has 0 fully saturated rings. The van der Waals surface area contributed by atoms with Gasteiger partial charge < -0.3 is 10.6 Å². The Hall–Kier alpha value is -1.02. The smallest absolute Gasteiger partial charge is 0.0366 e. The van der Waals surface area contributed by atoms with Crippen molar-refractivity contribution in [3.8, 4) is 0 Å². The Morgan fingerprint density at radius 3 is 1.76 bits per heavy atom. The van der Waals surface area contributed by atoms with Crippen LogP contribution in [0.25, 0.3) is 0 Å². The fourth-order valence-electron chi connectivity index (χ4n) is 2.37. The van der Waals surface area contributed by atoms with Crippen LogP contribution in [0.2, 0.25) is 0 Å². The summed E-state index contributed by atoms with van der Waals surface area (Å²) in [4.78, 5) is 2.53. The van der Waals surface area contributed by atoms with E-state index in [9.17, 15) is 0 Å². The van der Waals surface area contributed by atoms with Crippen molar-refractivity contribution in [1.29, 1.82) is 0 Å². The van der Waals surface area contributed by atoms with Crippen LogP contribution in [0.3, 0.4) is 0 Å². The topological polar surface area (TPSA) is 29.3 Å². The number of hydrogen-bond acceptors (Lipinski definition) is 2. The number of benzene rings is 1. The molecular weight excluding hydrogens is 256 g/mol. The number of anilines is 1. The molecule has 0 spiro atoms. The van der Waals surface area contributed by atoms with E-state index in [1.54, 1.807) is 0 Å². The van der Waals surface area contributed by atoms with E-state index in [-0.39, 0.29) is 6.04 Å². The first-order valence-corrected chi connectivity index (χ1v) is 8.54. The lowest BCUT2D eigenvalue weighted by molar-refractivity contribution is 0.535. The predicted molar refractivity (Wildman–Crippen MR) is 94.8 cm³/mol. The van der Waals surface area contributed by atoms with Crippen LogP contribution in [0, 0.1) is 11.8 Å². The second-order valence-corrected chi connectivity index (χ2v) is 6.96. The summed E-state index contributed by atoms with van der Waals surface area (Å²) >= 11 is 0. The zero-order chi connectivity index (χ0) is 15.8. The molecule has 2 N–H and O–H groups in total. The van der Waals surface area contributed by atoms with E-state index >= 15 is 0 Å². The molecule has 120 valence electrons. The highest BCUT2D eigenvalue weighted by molar-refractivity contribution is 5.48. The van der Waals surface area contributed by atoms with Gasteiger partial charge in [-0.2, -0.15) is 0 Å². The van der Waals surface area contributed by atoms with Crippen LogP contribution in [0.15, 0.2) is 24.3 Å². The van der Waals surface area contributed by atoms with Crippen LogP contribution < -0.4 is 10.6 Å². The Morgan fingerprint density at radius 1 is 0.905 bits per heavy atom. The standard InChI is InChI=1S/C19H34N2/c1-6-19(20)17-7-9-18(10-8-17)21(13-11-15(2)3)14-12-16(4)5/h7-10,15-16,19H,6,11-14,20H2,1-5H3/t19-/m1/s1. The molecule has 0 aliphatic rings. The minimum absolute atomic E-state index is 0.166. The van der Waals surface area contributed by atoms with Crippen molar-refractivity contribution in [1.82, 2.24) is 0 Å². The maximum Gasteiger partial charge on any atom is 0.0366 e. The van der Waals surface area contributed by atoms with E-state index in [0.29, 0.717) is 0 Å². The summed E-state index contributed by atoms with van der Waals surface area (Å²) in [5.74, 6) is 1.50. The van der Waals surface area contributed by atoms with Gasteiger partial charge in [0.25, 0.3) is 0 Å². The van der Waals surface area contributed by atoms with Crippen molar-refractivity contribution in [2.45, 2.75) is 59.9 Å². The first kappa shape index (κ1) is 18.0. The molecule has 0 aliphatic heterocycles. The Balaban J connectivity index is 2.75. The molecule has 0 saturated heterocycles. The van der Waals surface area contributed by atoms with Crippen LogP contribution in [-0.4, -0.2) is 13.1 Å². The third-order valence-corrected chi connectivity index (χ3v) is 4.08. The second kappa shape index (κ2) is 9.09. The van der Waals surface area contributed by atoms with Gasteiger partial charge in [0.2, 0.25) is 0 Å². The Bertz CT molecular complexity index is 369. The molecule has 0 heterocycles. The fraction of sp³-hybridized carbons (Fsp3) is 0.684. The first-order valence-electron chi connectivity index (χ1n) is 8.54. The Kier molecular flexibility index (Phi) is 7.81. The summed E-state index contributed by atoms with van der Waals surface area (Å²) in [5, 5.41) is 0. The van der Waals surface area contributed by atoms with E-state index in [2.05, 4.69) is 63.8 Å². The lowest BCUT2D eigenvalue weighted by Crippen LogP contribution is -2.27. The Morgan fingerprint density at radius 2 is 1.38 bits per heavy atom. The molecule has 0 unspecified atom stereocenters. The monoisotopic (exact) mass is 290 g/mol. The number of rotatable bonds is 9.